The number of H-pyrrole nitrogens is 1. The monoisotopic (exact) mass is 275 g/mol. The van der Waals surface area contributed by atoms with Crippen LogP contribution in [0.3, 0.4) is 0 Å². The predicted molar refractivity (Wildman–Crippen MR) is 76.8 cm³/mol. The van der Waals surface area contributed by atoms with Crippen molar-refractivity contribution in [1.29, 1.82) is 0 Å². The van der Waals surface area contributed by atoms with Gasteiger partial charge in [0, 0.05) is 23.5 Å². The lowest BCUT2D eigenvalue weighted by atomic mass is 10.2. The van der Waals surface area contributed by atoms with E-state index in [0.29, 0.717) is 0 Å². The van der Waals surface area contributed by atoms with Gasteiger partial charge in [0.05, 0.1) is 16.8 Å². The van der Waals surface area contributed by atoms with Crippen LogP contribution in [-0.2, 0) is 13.1 Å². The van der Waals surface area contributed by atoms with E-state index >= 15 is 0 Å². The molecule has 3 aromatic rings. The van der Waals surface area contributed by atoms with E-state index in [1.54, 1.807) is 22.7 Å². The molecule has 3 nitrogen and oxygen atoms in total. The Balaban J connectivity index is 1.65. The molecule has 0 aliphatic heterocycles. The van der Waals surface area contributed by atoms with Crippen LogP contribution in [0, 0.1) is 0 Å². The highest BCUT2D eigenvalue weighted by atomic mass is 32.1. The summed E-state index contributed by atoms with van der Waals surface area (Å²) in [7, 11) is 0. The summed E-state index contributed by atoms with van der Waals surface area (Å²) in [5.74, 6) is 0. The average Bonchev–Trinajstić information content (AvgIpc) is 3.12. The molecule has 5 heteroatoms. The normalized spacial score (nSPS) is 10.9. The lowest BCUT2D eigenvalue weighted by Gasteiger charge is -2.03. The third-order valence-corrected chi connectivity index (χ3v) is 4.44. The number of aromatic amines is 1. The average molecular weight is 275 g/mol. The molecule has 0 amide bonds. The zero-order valence-corrected chi connectivity index (χ0v) is 11.4. The van der Waals surface area contributed by atoms with Gasteiger partial charge in [-0.05, 0) is 22.9 Å². The van der Waals surface area contributed by atoms with Crippen LogP contribution in [0.5, 0.6) is 0 Å². The first kappa shape index (κ1) is 11.6. The maximum atomic E-state index is 4.14. The van der Waals surface area contributed by atoms with E-state index in [1.165, 1.54) is 15.3 Å². The van der Waals surface area contributed by atoms with Gasteiger partial charge in [-0.1, -0.05) is 12.1 Å². The van der Waals surface area contributed by atoms with E-state index in [9.17, 15) is 0 Å². The molecule has 0 fully saturated rings. The van der Waals surface area contributed by atoms with E-state index in [0.717, 1.165) is 18.8 Å². The lowest BCUT2D eigenvalue weighted by molar-refractivity contribution is 0.702. The summed E-state index contributed by atoms with van der Waals surface area (Å²) in [5, 5.41) is 14.8. The quantitative estimate of drug-likeness (QED) is 0.748. The van der Waals surface area contributed by atoms with Gasteiger partial charge in [0.2, 0.25) is 0 Å². The van der Waals surface area contributed by atoms with Crippen LogP contribution < -0.4 is 5.32 Å². The predicted octanol–water partition coefficient (Wildman–Crippen LogP) is 3.49. The number of nitrogens with one attached hydrogen (secondary N) is 2. The molecule has 0 radical (unpaired) electrons. The fourth-order valence-corrected chi connectivity index (χ4v) is 3.24. The lowest BCUT2D eigenvalue weighted by Crippen LogP contribution is -2.11. The van der Waals surface area contributed by atoms with Crippen molar-refractivity contribution >= 4 is 22.7 Å². The maximum Gasteiger partial charge on any atom is 0.0794 e. The second kappa shape index (κ2) is 5.48. The van der Waals surface area contributed by atoms with Gasteiger partial charge in [0.1, 0.15) is 0 Å². The summed E-state index contributed by atoms with van der Waals surface area (Å²) >= 11 is 3.51. The zero-order valence-electron chi connectivity index (χ0n) is 9.72. The van der Waals surface area contributed by atoms with Crippen molar-refractivity contribution in [1.82, 2.24) is 15.5 Å². The molecule has 0 unspecified atom stereocenters. The third-order valence-electron chi connectivity index (χ3n) is 2.68. The molecule has 0 saturated heterocycles. The van der Waals surface area contributed by atoms with Crippen molar-refractivity contribution in [2.45, 2.75) is 13.1 Å². The molecule has 0 bridgehead atoms. The first-order valence-electron chi connectivity index (χ1n) is 5.73. The van der Waals surface area contributed by atoms with Crippen molar-refractivity contribution in [3.05, 3.63) is 51.7 Å². The van der Waals surface area contributed by atoms with Crippen LogP contribution in [0.2, 0.25) is 0 Å². The van der Waals surface area contributed by atoms with Gasteiger partial charge in [-0.25, -0.2) is 0 Å². The van der Waals surface area contributed by atoms with Gasteiger partial charge in [-0.2, -0.15) is 5.10 Å². The Bertz CT molecular complexity index is 582. The number of nitrogens with zero attached hydrogens (tertiary/aromatic N) is 1. The highest BCUT2D eigenvalue weighted by Crippen LogP contribution is 2.25. The Morgan fingerprint density at radius 3 is 2.78 bits per heavy atom. The van der Waals surface area contributed by atoms with E-state index < -0.39 is 0 Å². The van der Waals surface area contributed by atoms with E-state index in [-0.39, 0.29) is 0 Å². The Labute approximate surface area is 114 Å². The number of rotatable bonds is 5. The van der Waals surface area contributed by atoms with Crippen LogP contribution >= 0.6 is 22.7 Å². The van der Waals surface area contributed by atoms with Gasteiger partial charge in [-0.3, -0.25) is 5.10 Å². The highest BCUT2D eigenvalue weighted by Gasteiger charge is 2.07. The van der Waals surface area contributed by atoms with Crippen molar-refractivity contribution in [2.24, 2.45) is 0 Å². The summed E-state index contributed by atoms with van der Waals surface area (Å²) in [6.45, 7) is 1.74. The van der Waals surface area contributed by atoms with Crippen molar-refractivity contribution in [3.8, 4) is 10.6 Å². The first-order valence-corrected chi connectivity index (χ1v) is 7.48. The second-order valence-corrected chi connectivity index (χ2v) is 5.91. The molecule has 0 saturated carbocycles. The Hall–Kier alpha value is -1.43. The molecule has 0 aliphatic carbocycles. The van der Waals surface area contributed by atoms with Gasteiger partial charge in [-0.15, -0.1) is 22.7 Å². The number of aromatic nitrogens is 2. The summed E-state index contributed by atoms with van der Waals surface area (Å²) in [5.41, 5.74) is 2.35. The van der Waals surface area contributed by atoms with Crippen LogP contribution in [0.15, 0.2) is 41.2 Å². The van der Waals surface area contributed by atoms with Gasteiger partial charge >= 0.3 is 0 Å². The molecule has 3 heterocycles. The molecular formula is C13H13N3S2. The Kier molecular flexibility index (Phi) is 3.54. The summed E-state index contributed by atoms with van der Waals surface area (Å²) in [6.07, 6.45) is 1.90. The third kappa shape index (κ3) is 2.53. The first-order chi connectivity index (χ1) is 8.93. The molecule has 0 atom stereocenters. The summed E-state index contributed by atoms with van der Waals surface area (Å²) < 4.78 is 0. The van der Waals surface area contributed by atoms with E-state index in [1.807, 2.05) is 6.20 Å². The minimum atomic E-state index is 0.835. The van der Waals surface area contributed by atoms with Crippen LogP contribution in [-0.4, -0.2) is 10.2 Å². The molecule has 0 aromatic carbocycles. The minimum absolute atomic E-state index is 0.835. The fourth-order valence-electron chi connectivity index (χ4n) is 1.81. The maximum absolute atomic E-state index is 4.14. The molecule has 92 valence electrons. The standard InChI is InChI=1S/C13H13N3S2/c1-3-11(17-5-1)9-14-7-10-8-15-16-13(10)12-4-2-6-18-12/h1-6,8,14H,7,9H2,(H,15,16). The number of hydrogen-bond acceptors (Lipinski definition) is 4. The molecule has 3 aromatic heterocycles. The molecule has 3 rings (SSSR count). The molecular weight excluding hydrogens is 262 g/mol. The molecule has 0 aliphatic rings. The summed E-state index contributed by atoms with van der Waals surface area (Å²) in [6, 6.07) is 8.40. The summed E-state index contributed by atoms with van der Waals surface area (Å²) in [4.78, 5) is 2.59. The van der Waals surface area contributed by atoms with Gasteiger partial charge in [0.15, 0.2) is 0 Å². The van der Waals surface area contributed by atoms with Gasteiger partial charge in [0.25, 0.3) is 0 Å². The van der Waals surface area contributed by atoms with Gasteiger partial charge < -0.3 is 5.32 Å². The smallest absolute Gasteiger partial charge is 0.0794 e. The fraction of sp³-hybridized carbons (Fsp3) is 0.154. The van der Waals surface area contributed by atoms with Crippen molar-refractivity contribution in [2.75, 3.05) is 0 Å². The zero-order chi connectivity index (χ0) is 12.2. The van der Waals surface area contributed by atoms with Crippen LogP contribution in [0.1, 0.15) is 10.4 Å². The Morgan fingerprint density at radius 1 is 1.11 bits per heavy atom. The van der Waals surface area contributed by atoms with Crippen molar-refractivity contribution in [3.63, 3.8) is 0 Å². The van der Waals surface area contributed by atoms with Crippen LogP contribution in [0.25, 0.3) is 10.6 Å². The van der Waals surface area contributed by atoms with Crippen LogP contribution in [0.4, 0.5) is 0 Å². The SMILES string of the molecule is c1csc(CNCc2cn[nH]c2-c2cccs2)c1. The molecule has 0 spiro atoms. The highest BCUT2D eigenvalue weighted by molar-refractivity contribution is 7.13. The Morgan fingerprint density at radius 2 is 2.00 bits per heavy atom. The number of thiophene rings is 2. The van der Waals surface area contributed by atoms with E-state index in [2.05, 4.69) is 50.5 Å². The van der Waals surface area contributed by atoms with E-state index in [4.69, 9.17) is 0 Å². The topological polar surface area (TPSA) is 40.7 Å². The second-order valence-electron chi connectivity index (χ2n) is 3.93. The van der Waals surface area contributed by atoms with Crippen molar-refractivity contribution < 1.29 is 0 Å². The number of hydrogen-bond donors (Lipinski definition) is 2. The molecule has 2 N–H and O–H groups in total. The minimum Gasteiger partial charge on any atom is -0.308 e. The largest absolute Gasteiger partial charge is 0.308 e. The molecule has 18 heavy (non-hydrogen) atoms.